The average Bonchev–Trinajstić information content (AvgIpc) is 2.70. The van der Waals surface area contributed by atoms with Gasteiger partial charge in [0.25, 0.3) is 5.92 Å². The predicted octanol–water partition coefficient (Wildman–Crippen LogP) is 2.95. The van der Waals surface area contributed by atoms with E-state index in [1.54, 1.807) is 12.3 Å². The molecular weight excluding hydrogens is 360 g/mol. The minimum atomic E-state index is -3.73. The van der Waals surface area contributed by atoms with E-state index in [-0.39, 0.29) is 22.4 Å². The fourth-order valence-electron chi connectivity index (χ4n) is 3.00. The van der Waals surface area contributed by atoms with E-state index in [2.05, 4.69) is 4.98 Å². The van der Waals surface area contributed by atoms with Crippen LogP contribution in [-0.2, 0) is 22.7 Å². The van der Waals surface area contributed by atoms with Gasteiger partial charge in [-0.3, -0.25) is 4.98 Å². The Hall–Kier alpha value is -1.57. The topological polar surface area (TPSA) is 67.3 Å². The van der Waals surface area contributed by atoms with E-state index in [1.165, 1.54) is 18.3 Å². The van der Waals surface area contributed by atoms with Crippen LogP contribution in [0.2, 0.25) is 5.02 Å². The minimum Gasteiger partial charge on any atom is -0.382 e. The molecule has 1 N–H and O–H groups in total. The van der Waals surface area contributed by atoms with E-state index in [4.69, 9.17) is 11.6 Å². The van der Waals surface area contributed by atoms with E-state index >= 15 is 0 Å². The summed E-state index contributed by atoms with van der Waals surface area (Å²) in [5, 5.41) is 10.4. The summed E-state index contributed by atoms with van der Waals surface area (Å²) in [4.78, 5) is 3.69. The van der Waals surface area contributed by atoms with Gasteiger partial charge in [0.15, 0.2) is 9.84 Å². The minimum absolute atomic E-state index is 0.176. The zero-order valence-corrected chi connectivity index (χ0v) is 14.2. The number of halogens is 3. The summed E-state index contributed by atoms with van der Waals surface area (Å²) in [5.41, 5.74) is 1.21. The molecule has 1 aliphatic carbocycles. The Morgan fingerprint density at radius 2 is 2.08 bits per heavy atom. The van der Waals surface area contributed by atoms with Crippen molar-refractivity contribution in [2.24, 2.45) is 0 Å². The number of aromatic nitrogens is 1. The van der Waals surface area contributed by atoms with Crippen LogP contribution < -0.4 is 0 Å². The standard InChI is InChI=1S/C16H14ClF2NO3S/c1-24(22,23)13-3-2-10(4-9-5-11(17)8-20-7-9)12-6-16(18,19)15(21)14(12)13/h2-3,5,7-8,15,21H,4,6H2,1H3. The summed E-state index contributed by atoms with van der Waals surface area (Å²) in [5.74, 6) is -3.40. The number of hydrogen-bond acceptors (Lipinski definition) is 4. The Bertz CT molecular complexity index is 916. The summed E-state index contributed by atoms with van der Waals surface area (Å²) in [6.07, 6.45) is 1.40. The van der Waals surface area contributed by atoms with Crippen LogP contribution in [0.3, 0.4) is 0 Å². The molecule has 1 atom stereocenters. The van der Waals surface area contributed by atoms with Gasteiger partial charge in [0.05, 0.1) is 9.92 Å². The van der Waals surface area contributed by atoms with Gasteiger partial charge in [0, 0.05) is 30.6 Å². The second-order valence-corrected chi connectivity index (χ2v) is 8.34. The molecule has 2 aromatic rings. The fraction of sp³-hybridized carbons (Fsp3) is 0.312. The third kappa shape index (κ3) is 3.03. The molecule has 4 nitrogen and oxygen atoms in total. The second-order valence-electron chi connectivity index (χ2n) is 5.92. The highest BCUT2D eigenvalue weighted by Gasteiger charge is 2.49. The number of rotatable bonds is 3. The molecule has 0 radical (unpaired) electrons. The van der Waals surface area contributed by atoms with Crippen molar-refractivity contribution in [1.29, 1.82) is 0 Å². The normalized spacial score (nSPS) is 19.3. The van der Waals surface area contributed by atoms with Crippen molar-refractivity contribution >= 4 is 21.4 Å². The molecule has 1 heterocycles. The smallest absolute Gasteiger partial charge is 0.281 e. The van der Waals surface area contributed by atoms with Crippen LogP contribution in [0.5, 0.6) is 0 Å². The van der Waals surface area contributed by atoms with Gasteiger partial charge in [0.2, 0.25) is 0 Å². The SMILES string of the molecule is CS(=O)(=O)c1ccc(Cc2cncc(Cl)c2)c2c1C(O)C(F)(F)C2. The van der Waals surface area contributed by atoms with Gasteiger partial charge in [0.1, 0.15) is 6.10 Å². The maximum Gasteiger partial charge on any atom is 0.281 e. The monoisotopic (exact) mass is 373 g/mol. The third-order valence-electron chi connectivity index (χ3n) is 4.06. The summed E-state index contributed by atoms with van der Waals surface area (Å²) >= 11 is 5.88. The van der Waals surface area contributed by atoms with Crippen LogP contribution in [0.1, 0.15) is 28.4 Å². The van der Waals surface area contributed by atoms with Crippen molar-refractivity contribution < 1.29 is 22.3 Å². The number of benzene rings is 1. The van der Waals surface area contributed by atoms with E-state index in [0.717, 1.165) is 6.26 Å². The first-order valence-corrected chi connectivity index (χ1v) is 9.36. The molecule has 0 amide bonds. The van der Waals surface area contributed by atoms with Crippen LogP contribution in [0, 0.1) is 0 Å². The van der Waals surface area contributed by atoms with Gasteiger partial charge >= 0.3 is 0 Å². The number of hydrogen-bond donors (Lipinski definition) is 1. The molecule has 3 rings (SSSR count). The van der Waals surface area contributed by atoms with Gasteiger partial charge in [-0.1, -0.05) is 17.7 Å². The van der Waals surface area contributed by atoms with Crippen LogP contribution in [0.4, 0.5) is 8.78 Å². The summed E-state index contributed by atoms with van der Waals surface area (Å²) in [7, 11) is -3.73. The molecule has 128 valence electrons. The van der Waals surface area contributed by atoms with Gasteiger partial charge in [-0.25, -0.2) is 17.2 Å². The average molecular weight is 374 g/mol. The molecule has 1 aromatic carbocycles. The highest BCUT2D eigenvalue weighted by molar-refractivity contribution is 7.90. The van der Waals surface area contributed by atoms with E-state index in [9.17, 15) is 22.3 Å². The first kappa shape index (κ1) is 17.3. The first-order valence-electron chi connectivity index (χ1n) is 7.09. The highest BCUT2D eigenvalue weighted by Crippen LogP contribution is 2.47. The van der Waals surface area contributed by atoms with E-state index in [0.29, 0.717) is 16.1 Å². The van der Waals surface area contributed by atoms with Crippen molar-refractivity contribution in [3.63, 3.8) is 0 Å². The van der Waals surface area contributed by atoms with Crippen LogP contribution in [0.25, 0.3) is 0 Å². The molecule has 8 heteroatoms. The summed E-state index contributed by atoms with van der Waals surface area (Å²) in [6.45, 7) is 0. The number of fused-ring (bicyclic) bond motifs is 1. The predicted molar refractivity (Wildman–Crippen MR) is 85.2 cm³/mol. The van der Waals surface area contributed by atoms with E-state index in [1.807, 2.05) is 0 Å². The lowest BCUT2D eigenvalue weighted by molar-refractivity contribution is -0.0976. The molecule has 0 bridgehead atoms. The molecule has 1 aliphatic rings. The number of aliphatic hydroxyl groups is 1. The zero-order chi connectivity index (χ0) is 17.7. The summed E-state index contributed by atoms with van der Waals surface area (Å²) in [6, 6.07) is 4.44. The Morgan fingerprint density at radius 1 is 1.38 bits per heavy atom. The molecule has 0 saturated carbocycles. The van der Waals surface area contributed by atoms with Crippen molar-refractivity contribution in [2.45, 2.75) is 29.8 Å². The molecule has 0 aliphatic heterocycles. The van der Waals surface area contributed by atoms with Crippen LogP contribution in [-0.4, -0.2) is 30.7 Å². The lowest BCUT2D eigenvalue weighted by Crippen LogP contribution is -2.22. The Balaban J connectivity index is 2.14. The molecule has 0 saturated heterocycles. The Labute approximate surface area is 143 Å². The van der Waals surface area contributed by atoms with Gasteiger partial charge in [-0.15, -0.1) is 0 Å². The highest BCUT2D eigenvalue weighted by atomic mass is 35.5. The maximum absolute atomic E-state index is 14.0. The van der Waals surface area contributed by atoms with Gasteiger partial charge in [-0.2, -0.15) is 0 Å². The molecule has 0 fully saturated rings. The third-order valence-corrected chi connectivity index (χ3v) is 5.42. The lowest BCUT2D eigenvalue weighted by atomic mass is 9.97. The first-order chi connectivity index (χ1) is 11.1. The maximum atomic E-state index is 14.0. The fourth-order valence-corrected chi connectivity index (χ4v) is 4.15. The molecule has 24 heavy (non-hydrogen) atoms. The Kier molecular flexibility index (Phi) is 4.14. The number of pyridine rings is 1. The number of sulfone groups is 1. The number of alkyl halides is 2. The summed E-state index contributed by atoms with van der Waals surface area (Å²) < 4.78 is 51.8. The largest absolute Gasteiger partial charge is 0.382 e. The van der Waals surface area contributed by atoms with Gasteiger partial charge in [-0.05, 0) is 35.2 Å². The van der Waals surface area contributed by atoms with Crippen molar-refractivity contribution in [2.75, 3.05) is 6.26 Å². The van der Waals surface area contributed by atoms with Crippen LogP contribution >= 0.6 is 11.6 Å². The Morgan fingerprint density at radius 3 is 2.71 bits per heavy atom. The van der Waals surface area contributed by atoms with Crippen molar-refractivity contribution in [1.82, 2.24) is 4.98 Å². The quantitative estimate of drug-likeness (QED) is 0.898. The number of nitrogens with zero attached hydrogens (tertiary/aromatic N) is 1. The second kappa shape index (κ2) is 5.75. The zero-order valence-electron chi connectivity index (χ0n) is 12.6. The molecule has 1 unspecified atom stereocenters. The number of aliphatic hydroxyl groups excluding tert-OH is 1. The molecule has 0 spiro atoms. The van der Waals surface area contributed by atoms with Crippen molar-refractivity contribution in [3.05, 3.63) is 57.9 Å². The molecular formula is C16H14ClF2NO3S. The van der Waals surface area contributed by atoms with E-state index < -0.39 is 28.3 Å². The van der Waals surface area contributed by atoms with Crippen LogP contribution in [0.15, 0.2) is 35.5 Å². The lowest BCUT2D eigenvalue weighted by Gasteiger charge is -2.15. The van der Waals surface area contributed by atoms with Crippen molar-refractivity contribution in [3.8, 4) is 0 Å². The van der Waals surface area contributed by atoms with Gasteiger partial charge < -0.3 is 5.11 Å². The molecule has 1 aromatic heterocycles.